The lowest BCUT2D eigenvalue weighted by Gasteiger charge is -2.21. The summed E-state index contributed by atoms with van der Waals surface area (Å²) in [7, 11) is -3.59. The Hall–Kier alpha value is -1.15. The van der Waals surface area contributed by atoms with Crippen LogP contribution in [-0.4, -0.2) is 24.1 Å². The summed E-state index contributed by atoms with van der Waals surface area (Å²) in [5.41, 5.74) is 0.837. The summed E-state index contributed by atoms with van der Waals surface area (Å²) in [5.74, 6) is 0.185. The largest absolute Gasteiger partial charge is 0.307 e. The summed E-state index contributed by atoms with van der Waals surface area (Å²) in [5, 5.41) is -0.418. The monoisotopic (exact) mass is 358 g/mol. The van der Waals surface area contributed by atoms with E-state index < -0.39 is 21.2 Å². The predicted octanol–water partition coefficient (Wildman–Crippen LogP) is 1.55. The topological polar surface area (TPSA) is 85.2 Å². The van der Waals surface area contributed by atoms with Gasteiger partial charge in [-0.1, -0.05) is 17.8 Å². The molecule has 0 aliphatic heterocycles. The average molecular weight is 358 g/mol. The lowest BCUT2D eigenvalue weighted by atomic mass is 10.0. The molecule has 1 N–H and O–H groups in total. The van der Waals surface area contributed by atoms with E-state index in [0.29, 0.717) is 12.3 Å². The van der Waals surface area contributed by atoms with Crippen molar-refractivity contribution in [1.82, 2.24) is 9.29 Å². The second-order valence-corrected chi connectivity index (χ2v) is 9.76. The molecule has 1 unspecified atom stereocenters. The zero-order chi connectivity index (χ0) is 16.8. The van der Waals surface area contributed by atoms with Gasteiger partial charge in [0.2, 0.25) is 15.9 Å². The number of fused-ring (bicyclic) bond motifs is 2. The summed E-state index contributed by atoms with van der Waals surface area (Å²) < 4.78 is 28.5. The smallest absolute Gasteiger partial charge is 0.303 e. The number of aromatic nitrogens is 1. The quantitative estimate of drug-likeness (QED) is 0.865. The van der Waals surface area contributed by atoms with Crippen LogP contribution >= 0.6 is 11.3 Å². The van der Waals surface area contributed by atoms with Gasteiger partial charge in [0.15, 0.2) is 0 Å². The van der Waals surface area contributed by atoms with Crippen LogP contribution < -0.4 is 9.60 Å². The molecule has 3 rings (SSSR count). The third-order valence-electron chi connectivity index (χ3n) is 5.27. The van der Waals surface area contributed by atoms with Crippen LogP contribution in [0.3, 0.4) is 0 Å². The number of nitrogens with zero attached hydrogens (tertiary/aromatic N) is 1. The number of rotatable bonds is 5. The number of carbonyl (C=O) groups excluding carboxylic acids is 1. The first-order valence-corrected chi connectivity index (χ1v) is 10.4. The van der Waals surface area contributed by atoms with Crippen molar-refractivity contribution < 1.29 is 13.2 Å². The van der Waals surface area contributed by atoms with Crippen LogP contribution in [0.25, 0.3) is 0 Å². The predicted molar refractivity (Wildman–Crippen MR) is 89.0 cm³/mol. The van der Waals surface area contributed by atoms with Gasteiger partial charge in [0.1, 0.15) is 0 Å². The van der Waals surface area contributed by atoms with E-state index in [9.17, 15) is 18.0 Å². The Balaban J connectivity index is 1.60. The molecule has 128 valence electrons. The first-order chi connectivity index (χ1) is 10.8. The van der Waals surface area contributed by atoms with Crippen LogP contribution in [0, 0.1) is 25.7 Å². The zero-order valence-corrected chi connectivity index (χ0v) is 15.0. The van der Waals surface area contributed by atoms with E-state index in [1.54, 1.807) is 0 Å². The lowest BCUT2D eigenvalue weighted by Crippen LogP contribution is -2.41. The van der Waals surface area contributed by atoms with Crippen LogP contribution in [0.1, 0.15) is 42.7 Å². The van der Waals surface area contributed by atoms with E-state index in [0.717, 1.165) is 41.2 Å². The molecule has 0 radical (unpaired) electrons. The number of carbonyl (C=O) groups is 1. The van der Waals surface area contributed by atoms with Crippen LogP contribution in [0.2, 0.25) is 0 Å². The van der Waals surface area contributed by atoms with Gasteiger partial charge in [0.05, 0.1) is 5.25 Å². The number of hydrogen-bond donors (Lipinski definition) is 1. The van der Waals surface area contributed by atoms with Crippen LogP contribution in [0.15, 0.2) is 4.79 Å². The van der Waals surface area contributed by atoms with Crippen molar-refractivity contribution in [2.45, 2.75) is 57.7 Å². The first-order valence-electron chi connectivity index (χ1n) is 7.99. The van der Waals surface area contributed by atoms with Crippen LogP contribution in [-0.2, 0) is 21.4 Å². The molecule has 2 aliphatic carbocycles. The highest BCUT2D eigenvalue weighted by Crippen LogP contribution is 2.47. The number of sulfonamides is 1. The SMILES string of the molecule is Cc1sc(=O)n(CCC(=O)NS(=O)(=O)C2C[C@@H]3CC[C@H]2C3)c1C. The van der Waals surface area contributed by atoms with Crippen molar-refractivity contribution in [3.63, 3.8) is 0 Å². The molecule has 0 saturated heterocycles. The van der Waals surface area contributed by atoms with Crippen molar-refractivity contribution in [3.8, 4) is 0 Å². The van der Waals surface area contributed by atoms with E-state index in [-0.39, 0.29) is 23.8 Å². The van der Waals surface area contributed by atoms with E-state index in [1.165, 1.54) is 4.57 Å². The van der Waals surface area contributed by atoms with E-state index in [1.807, 2.05) is 13.8 Å². The summed E-state index contributed by atoms with van der Waals surface area (Å²) in [4.78, 5) is 24.6. The molecule has 1 aromatic rings. The van der Waals surface area contributed by atoms with E-state index >= 15 is 0 Å². The standard InChI is InChI=1S/C15H22N2O4S2/c1-9-10(2)22-15(19)17(9)6-5-14(18)16-23(20,21)13-8-11-3-4-12(13)7-11/h11-13H,3-8H2,1-2H3,(H,16,18)/t11-,12+,13?/m1/s1. The summed E-state index contributed by atoms with van der Waals surface area (Å²) in [6.07, 6.45) is 3.71. The van der Waals surface area contributed by atoms with Crippen molar-refractivity contribution >= 4 is 27.3 Å². The number of nitrogens with one attached hydrogen (secondary N) is 1. The molecular formula is C15H22N2O4S2. The second-order valence-electron chi connectivity index (χ2n) is 6.69. The fraction of sp³-hybridized carbons (Fsp3) is 0.733. The Kier molecular flexibility index (Phi) is 4.39. The molecule has 23 heavy (non-hydrogen) atoms. The molecular weight excluding hydrogens is 336 g/mol. The molecule has 2 saturated carbocycles. The molecule has 6 nitrogen and oxygen atoms in total. The normalized spacial score (nSPS) is 26.6. The van der Waals surface area contributed by atoms with Gasteiger partial charge in [-0.25, -0.2) is 8.42 Å². The minimum Gasteiger partial charge on any atom is -0.303 e. The fourth-order valence-electron chi connectivity index (χ4n) is 3.91. The first kappa shape index (κ1) is 16.7. The minimum atomic E-state index is -3.59. The van der Waals surface area contributed by atoms with Gasteiger partial charge >= 0.3 is 4.87 Å². The Bertz CT molecular complexity index is 778. The molecule has 1 heterocycles. The van der Waals surface area contributed by atoms with Crippen LogP contribution in [0.5, 0.6) is 0 Å². The van der Waals surface area contributed by atoms with E-state index in [4.69, 9.17) is 0 Å². The van der Waals surface area contributed by atoms with Gasteiger partial charge in [0, 0.05) is 23.5 Å². The molecule has 2 fully saturated rings. The summed E-state index contributed by atoms with van der Waals surface area (Å²) >= 11 is 1.15. The molecule has 0 aromatic carbocycles. The highest BCUT2D eigenvalue weighted by Gasteiger charge is 2.46. The Morgan fingerprint density at radius 1 is 1.30 bits per heavy atom. The van der Waals surface area contributed by atoms with Crippen molar-refractivity contribution in [2.24, 2.45) is 11.8 Å². The van der Waals surface area contributed by atoms with Gasteiger partial charge in [-0.3, -0.25) is 14.3 Å². The summed E-state index contributed by atoms with van der Waals surface area (Å²) in [6.45, 7) is 3.90. The Morgan fingerprint density at radius 2 is 2.04 bits per heavy atom. The van der Waals surface area contributed by atoms with Gasteiger partial charge in [0.25, 0.3) is 0 Å². The molecule has 1 amide bonds. The Labute approximate surface area is 140 Å². The number of aryl methyl sites for hydroxylation is 1. The third kappa shape index (κ3) is 3.24. The lowest BCUT2D eigenvalue weighted by molar-refractivity contribution is -0.119. The molecule has 8 heteroatoms. The van der Waals surface area contributed by atoms with Gasteiger partial charge in [-0.2, -0.15) is 0 Å². The Morgan fingerprint density at radius 3 is 2.57 bits per heavy atom. The van der Waals surface area contributed by atoms with Crippen LogP contribution in [0.4, 0.5) is 0 Å². The minimum absolute atomic E-state index is 0.00301. The number of amides is 1. The molecule has 1 aromatic heterocycles. The highest BCUT2D eigenvalue weighted by molar-refractivity contribution is 7.90. The van der Waals surface area contributed by atoms with Crippen molar-refractivity contribution in [3.05, 3.63) is 20.2 Å². The summed E-state index contributed by atoms with van der Waals surface area (Å²) in [6, 6.07) is 0. The van der Waals surface area contributed by atoms with Gasteiger partial charge < -0.3 is 4.57 Å². The van der Waals surface area contributed by atoms with Gasteiger partial charge in [-0.15, -0.1) is 0 Å². The van der Waals surface area contributed by atoms with Crippen molar-refractivity contribution in [1.29, 1.82) is 0 Å². The number of hydrogen-bond acceptors (Lipinski definition) is 5. The maximum Gasteiger partial charge on any atom is 0.307 e. The molecule has 3 atom stereocenters. The van der Waals surface area contributed by atoms with E-state index in [2.05, 4.69) is 4.72 Å². The van der Waals surface area contributed by atoms with Crippen molar-refractivity contribution in [2.75, 3.05) is 0 Å². The highest BCUT2D eigenvalue weighted by atomic mass is 32.2. The molecule has 2 aliphatic rings. The maximum atomic E-state index is 12.4. The molecule has 2 bridgehead atoms. The number of thiazole rings is 1. The fourth-order valence-corrected chi connectivity index (χ4v) is 6.62. The van der Waals surface area contributed by atoms with Gasteiger partial charge in [-0.05, 0) is 44.9 Å². The molecule has 0 spiro atoms. The third-order valence-corrected chi connectivity index (χ3v) is 8.15. The second kappa shape index (κ2) is 6.05. The average Bonchev–Trinajstić information content (AvgIpc) is 3.14. The zero-order valence-electron chi connectivity index (χ0n) is 13.4. The maximum absolute atomic E-state index is 12.4.